The SMILES string of the molecule is CCC1(NS(=O)(=O)c2cc(Br)cc(CN)c2F)CCC1. The summed E-state index contributed by atoms with van der Waals surface area (Å²) >= 11 is 3.19. The number of nitrogens with one attached hydrogen (secondary N) is 1. The first-order chi connectivity index (χ1) is 9.33. The number of nitrogens with two attached hydrogens (primary N) is 1. The van der Waals surface area contributed by atoms with Crippen LogP contribution in [0.5, 0.6) is 0 Å². The topological polar surface area (TPSA) is 72.2 Å². The van der Waals surface area contributed by atoms with E-state index < -0.39 is 21.4 Å². The molecule has 1 fully saturated rings. The van der Waals surface area contributed by atoms with E-state index in [0.717, 1.165) is 19.3 Å². The highest BCUT2D eigenvalue weighted by molar-refractivity contribution is 9.10. The van der Waals surface area contributed by atoms with E-state index in [4.69, 9.17) is 5.73 Å². The molecule has 0 unspecified atom stereocenters. The molecule has 3 N–H and O–H groups in total. The third kappa shape index (κ3) is 2.90. The van der Waals surface area contributed by atoms with Gasteiger partial charge in [-0.15, -0.1) is 0 Å². The molecule has 20 heavy (non-hydrogen) atoms. The molecule has 0 radical (unpaired) electrons. The Morgan fingerprint density at radius 2 is 2.10 bits per heavy atom. The van der Waals surface area contributed by atoms with E-state index >= 15 is 0 Å². The fourth-order valence-electron chi connectivity index (χ4n) is 2.43. The van der Waals surface area contributed by atoms with Crippen LogP contribution >= 0.6 is 15.9 Å². The number of halogens is 2. The lowest BCUT2D eigenvalue weighted by Gasteiger charge is -2.41. The Labute approximate surface area is 127 Å². The molecule has 7 heteroatoms. The van der Waals surface area contributed by atoms with Gasteiger partial charge in [-0.2, -0.15) is 0 Å². The zero-order chi connectivity index (χ0) is 15.0. The molecule has 112 valence electrons. The van der Waals surface area contributed by atoms with Crippen molar-refractivity contribution in [1.82, 2.24) is 4.72 Å². The first-order valence-electron chi connectivity index (χ1n) is 6.55. The molecule has 2 rings (SSSR count). The molecule has 1 saturated carbocycles. The molecule has 0 aromatic heterocycles. The Bertz CT molecular complexity index is 610. The van der Waals surface area contributed by atoms with Crippen molar-refractivity contribution < 1.29 is 12.8 Å². The Balaban J connectivity index is 2.42. The van der Waals surface area contributed by atoms with Crippen LogP contribution in [-0.4, -0.2) is 14.0 Å². The highest BCUT2D eigenvalue weighted by atomic mass is 79.9. The van der Waals surface area contributed by atoms with Gasteiger partial charge in [0.15, 0.2) is 0 Å². The highest BCUT2D eigenvalue weighted by Crippen LogP contribution is 2.36. The van der Waals surface area contributed by atoms with Gasteiger partial charge in [0.25, 0.3) is 0 Å². The van der Waals surface area contributed by atoms with Gasteiger partial charge in [0, 0.05) is 22.1 Å². The lowest BCUT2D eigenvalue weighted by atomic mass is 9.76. The maximum Gasteiger partial charge on any atom is 0.244 e. The van der Waals surface area contributed by atoms with Crippen molar-refractivity contribution in [3.8, 4) is 0 Å². The van der Waals surface area contributed by atoms with Gasteiger partial charge < -0.3 is 5.73 Å². The van der Waals surface area contributed by atoms with Gasteiger partial charge in [-0.25, -0.2) is 17.5 Å². The average molecular weight is 365 g/mol. The standard InChI is InChI=1S/C13H18BrFN2O2S/c1-2-13(4-3-5-13)17-20(18,19)11-7-10(14)6-9(8-16)12(11)15/h6-7,17H,2-5,8,16H2,1H3. The van der Waals surface area contributed by atoms with Gasteiger partial charge in [-0.1, -0.05) is 22.9 Å². The third-order valence-corrected chi connectivity index (χ3v) is 5.96. The molecule has 1 aromatic rings. The zero-order valence-corrected chi connectivity index (χ0v) is 13.7. The van der Waals surface area contributed by atoms with Gasteiger partial charge in [-0.3, -0.25) is 0 Å². The second-order valence-electron chi connectivity index (χ2n) is 5.17. The predicted molar refractivity (Wildman–Crippen MR) is 79.2 cm³/mol. The molecular formula is C13H18BrFN2O2S. The third-order valence-electron chi connectivity index (χ3n) is 3.93. The first kappa shape index (κ1) is 15.9. The number of hydrogen-bond donors (Lipinski definition) is 2. The molecule has 0 spiro atoms. The molecule has 0 saturated heterocycles. The van der Waals surface area contributed by atoms with E-state index in [9.17, 15) is 12.8 Å². The Kier molecular flexibility index (Phi) is 4.53. The monoisotopic (exact) mass is 364 g/mol. The zero-order valence-electron chi connectivity index (χ0n) is 11.2. The summed E-state index contributed by atoms with van der Waals surface area (Å²) in [6, 6.07) is 2.77. The normalized spacial score (nSPS) is 17.8. The quantitative estimate of drug-likeness (QED) is 0.843. The summed E-state index contributed by atoms with van der Waals surface area (Å²) in [6.07, 6.45) is 3.28. The predicted octanol–water partition coefficient (Wildman–Crippen LogP) is 2.66. The maximum atomic E-state index is 14.2. The minimum atomic E-state index is -3.89. The first-order valence-corrected chi connectivity index (χ1v) is 8.83. The lowest BCUT2D eigenvalue weighted by Crippen LogP contribution is -2.52. The van der Waals surface area contributed by atoms with Crippen LogP contribution in [0.4, 0.5) is 4.39 Å². The summed E-state index contributed by atoms with van der Waals surface area (Å²) < 4.78 is 42.2. The van der Waals surface area contributed by atoms with E-state index in [1.54, 1.807) is 0 Å². The van der Waals surface area contributed by atoms with Crippen molar-refractivity contribution in [2.24, 2.45) is 5.73 Å². The van der Waals surface area contributed by atoms with E-state index in [1.807, 2.05) is 6.92 Å². The van der Waals surface area contributed by atoms with Crippen LogP contribution in [0.25, 0.3) is 0 Å². The van der Waals surface area contributed by atoms with E-state index in [-0.39, 0.29) is 17.0 Å². The van der Waals surface area contributed by atoms with Crippen LogP contribution in [-0.2, 0) is 16.6 Å². The minimum absolute atomic E-state index is 0.0489. The summed E-state index contributed by atoms with van der Waals surface area (Å²) in [5.41, 5.74) is 5.21. The molecule has 0 aliphatic heterocycles. The van der Waals surface area contributed by atoms with Gasteiger partial charge in [-0.05, 0) is 37.8 Å². The number of hydrogen-bond acceptors (Lipinski definition) is 3. The van der Waals surface area contributed by atoms with Crippen molar-refractivity contribution in [2.75, 3.05) is 0 Å². The molecule has 1 aliphatic rings. The summed E-state index contributed by atoms with van der Waals surface area (Å²) in [5, 5.41) is 0. The number of rotatable bonds is 5. The summed E-state index contributed by atoms with van der Waals surface area (Å²) in [4.78, 5) is -0.341. The van der Waals surface area contributed by atoms with Crippen molar-refractivity contribution in [3.05, 3.63) is 28.0 Å². The maximum absolute atomic E-state index is 14.2. The summed E-state index contributed by atoms with van der Waals surface area (Å²) in [6.45, 7) is 1.89. The molecule has 4 nitrogen and oxygen atoms in total. The molecule has 0 amide bonds. The molecule has 0 bridgehead atoms. The minimum Gasteiger partial charge on any atom is -0.326 e. The smallest absolute Gasteiger partial charge is 0.244 e. The molecule has 0 atom stereocenters. The van der Waals surface area contributed by atoms with Crippen molar-refractivity contribution >= 4 is 26.0 Å². The van der Waals surface area contributed by atoms with Gasteiger partial charge in [0.05, 0.1) is 0 Å². The lowest BCUT2D eigenvalue weighted by molar-refractivity contribution is 0.213. The van der Waals surface area contributed by atoms with Crippen LogP contribution in [0.3, 0.4) is 0 Å². The van der Waals surface area contributed by atoms with Crippen LogP contribution in [0, 0.1) is 5.82 Å². The van der Waals surface area contributed by atoms with Gasteiger partial charge in [0.2, 0.25) is 10.0 Å². The second-order valence-corrected chi connectivity index (χ2v) is 7.74. The van der Waals surface area contributed by atoms with Crippen LogP contribution in [0.15, 0.2) is 21.5 Å². The fourth-order valence-corrected chi connectivity index (χ4v) is 4.77. The molecule has 1 aliphatic carbocycles. The highest BCUT2D eigenvalue weighted by Gasteiger charge is 2.40. The summed E-state index contributed by atoms with van der Waals surface area (Å²) in [5.74, 6) is -0.770. The van der Waals surface area contributed by atoms with Crippen molar-refractivity contribution in [3.63, 3.8) is 0 Å². The number of sulfonamides is 1. The van der Waals surface area contributed by atoms with E-state index in [2.05, 4.69) is 20.7 Å². The van der Waals surface area contributed by atoms with Gasteiger partial charge >= 0.3 is 0 Å². The van der Waals surface area contributed by atoms with Crippen LogP contribution in [0.2, 0.25) is 0 Å². The molecule has 0 heterocycles. The van der Waals surface area contributed by atoms with Crippen LogP contribution < -0.4 is 10.5 Å². The fraction of sp³-hybridized carbons (Fsp3) is 0.538. The Hall–Kier alpha value is -0.500. The average Bonchev–Trinajstić information content (AvgIpc) is 2.36. The van der Waals surface area contributed by atoms with Crippen molar-refractivity contribution in [2.45, 2.75) is 49.6 Å². The van der Waals surface area contributed by atoms with Crippen molar-refractivity contribution in [1.29, 1.82) is 0 Å². The Morgan fingerprint density at radius 1 is 1.45 bits per heavy atom. The van der Waals surface area contributed by atoms with Gasteiger partial charge in [0.1, 0.15) is 10.7 Å². The van der Waals surface area contributed by atoms with Crippen LogP contribution in [0.1, 0.15) is 38.2 Å². The second kappa shape index (κ2) is 5.71. The van der Waals surface area contributed by atoms with E-state index in [0.29, 0.717) is 10.9 Å². The Morgan fingerprint density at radius 3 is 2.55 bits per heavy atom. The summed E-state index contributed by atoms with van der Waals surface area (Å²) in [7, 11) is -3.89. The number of benzene rings is 1. The molecule has 1 aromatic carbocycles. The van der Waals surface area contributed by atoms with E-state index in [1.165, 1.54) is 12.1 Å². The molecular weight excluding hydrogens is 347 g/mol. The largest absolute Gasteiger partial charge is 0.326 e.